The van der Waals surface area contributed by atoms with Gasteiger partial charge in [-0.1, -0.05) is 100 Å². The Morgan fingerprint density at radius 3 is 2.04 bits per heavy atom. The molecule has 3 aromatic carbocycles. The lowest BCUT2D eigenvalue weighted by atomic mass is 9.93. The predicted octanol–water partition coefficient (Wildman–Crippen LogP) is 5.48. The molecule has 440 valence electrons. The maximum Gasteiger partial charge on any atom is 0.308 e. The molecule has 1 unspecified atom stereocenters. The molecule has 0 aliphatic carbocycles. The Morgan fingerprint density at radius 2 is 1.38 bits per heavy atom. The van der Waals surface area contributed by atoms with Gasteiger partial charge in [-0.15, -0.1) is 5.10 Å². The smallest absolute Gasteiger partial charge is 0.308 e. The van der Waals surface area contributed by atoms with E-state index >= 15 is 0 Å². The second-order valence-corrected chi connectivity index (χ2v) is 22.7. The average molecular weight is 1120 g/mol. The number of epoxide rings is 1. The highest BCUT2D eigenvalue weighted by molar-refractivity contribution is 5.99. The second kappa shape index (κ2) is 31.3. The minimum atomic E-state index is -1.10. The highest BCUT2D eigenvalue weighted by Gasteiger charge is 2.50. The van der Waals surface area contributed by atoms with Gasteiger partial charge in [0.25, 0.3) is 5.91 Å². The number of ether oxygens (including phenoxy) is 4. The number of amides is 5. The predicted molar refractivity (Wildman–Crippen MR) is 304 cm³/mol. The van der Waals surface area contributed by atoms with Crippen molar-refractivity contribution in [2.45, 2.75) is 162 Å². The maximum absolute atomic E-state index is 14.7. The van der Waals surface area contributed by atoms with Crippen molar-refractivity contribution in [2.24, 2.45) is 11.8 Å². The van der Waals surface area contributed by atoms with Gasteiger partial charge >= 0.3 is 5.97 Å². The van der Waals surface area contributed by atoms with Gasteiger partial charge in [0.1, 0.15) is 55.7 Å². The first-order valence-corrected chi connectivity index (χ1v) is 28.8. The lowest BCUT2D eigenvalue weighted by molar-refractivity contribution is -0.940. The van der Waals surface area contributed by atoms with E-state index in [4.69, 9.17) is 18.9 Å². The number of nitrogens with one attached hydrogen (secondary N) is 5. The van der Waals surface area contributed by atoms with Crippen LogP contribution in [-0.2, 0) is 75.6 Å². The maximum atomic E-state index is 14.7. The highest BCUT2D eigenvalue weighted by atomic mass is 16.6. The van der Waals surface area contributed by atoms with E-state index in [-0.39, 0.29) is 78.7 Å². The number of nitrogens with zero attached hydrogens (tertiary/aromatic N) is 4. The van der Waals surface area contributed by atoms with Gasteiger partial charge in [-0.05, 0) is 99.5 Å². The highest BCUT2D eigenvalue weighted by Crippen LogP contribution is 2.32. The van der Waals surface area contributed by atoms with Crippen LogP contribution in [0, 0.1) is 11.8 Å². The zero-order chi connectivity index (χ0) is 58.4. The van der Waals surface area contributed by atoms with Gasteiger partial charge in [0, 0.05) is 38.4 Å². The van der Waals surface area contributed by atoms with Crippen LogP contribution in [-0.4, -0.2) is 137 Å². The molecule has 1 aromatic heterocycles. The Balaban J connectivity index is 1.17. The molecule has 3 heterocycles. The van der Waals surface area contributed by atoms with Crippen LogP contribution in [0.1, 0.15) is 122 Å². The first kappa shape index (κ1) is 63.2. The molecule has 6 rings (SSSR count). The van der Waals surface area contributed by atoms with Crippen molar-refractivity contribution in [1.82, 2.24) is 41.6 Å². The molecule has 5 N–H and O–H groups in total. The van der Waals surface area contributed by atoms with E-state index in [1.165, 1.54) is 6.92 Å². The Kier molecular flexibility index (Phi) is 24.4. The number of carbonyl (C=O) groups is 7. The van der Waals surface area contributed by atoms with Crippen molar-refractivity contribution in [3.05, 3.63) is 107 Å². The van der Waals surface area contributed by atoms with E-state index in [0.29, 0.717) is 89.5 Å². The Hall–Kier alpha value is -7.03. The molecule has 5 atom stereocenters. The van der Waals surface area contributed by atoms with E-state index in [1.54, 1.807) is 29.9 Å². The summed E-state index contributed by atoms with van der Waals surface area (Å²) in [4.78, 5) is 96.0. The third kappa shape index (κ3) is 21.1. The molecule has 0 spiro atoms. The van der Waals surface area contributed by atoms with Crippen molar-refractivity contribution in [3.8, 4) is 11.5 Å². The number of hydrogen-bond acceptors (Lipinski definition) is 13. The van der Waals surface area contributed by atoms with E-state index in [9.17, 15) is 33.6 Å². The summed E-state index contributed by atoms with van der Waals surface area (Å²) < 4.78 is 25.1. The van der Waals surface area contributed by atoms with Crippen molar-refractivity contribution < 1.29 is 57.0 Å². The fraction of sp³-hybridized carbons (Fsp3) is 0.557. The number of aromatic nitrogens is 3. The molecule has 4 aromatic rings. The fourth-order valence-electron chi connectivity index (χ4n) is 9.81. The molecule has 2 saturated heterocycles. The number of Topliss-reactive ketones (excluding diaryl/α,β-unsaturated/α-hetero) is 1. The first-order chi connectivity index (χ1) is 38.8. The molecule has 0 saturated carbocycles. The van der Waals surface area contributed by atoms with E-state index in [0.717, 1.165) is 29.5 Å². The average Bonchev–Trinajstić information content (AvgIpc) is 4.30. The summed E-state index contributed by atoms with van der Waals surface area (Å²) in [7, 11) is 0. The van der Waals surface area contributed by atoms with Gasteiger partial charge in [0.05, 0.1) is 32.1 Å². The lowest BCUT2D eigenvalue weighted by Crippen LogP contribution is -2.61. The molecule has 2 aliphatic rings. The van der Waals surface area contributed by atoms with Gasteiger partial charge in [-0.25, -0.2) is 0 Å². The van der Waals surface area contributed by atoms with Gasteiger partial charge in [0.2, 0.25) is 23.6 Å². The number of unbranched alkanes of at least 4 members (excludes halogenated alkanes) is 1. The number of morpholine rings is 1. The van der Waals surface area contributed by atoms with Crippen LogP contribution in [0.2, 0.25) is 0 Å². The zero-order valence-electron chi connectivity index (χ0n) is 48.5. The van der Waals surface area contributed by atoms with Crippen LogP contribution in [0.15, 0.2) is 85.1 Å². The molecule has 2 fully saturated rings. The van der Waals surface area contributed by atoms with E-state index in [1.807, 2.05) is 101 Å². The third-order valence-electron chi connectivity index (χ3n) is 14.5. The summed E-state index contributed by atoms with van der Waals surface area (Å²) >= 11 is 0. The second-order valence-electron chi connectivity index (χ2n) is 22.7. The number of ketones is 1. The van der Waals surface area contributed by atoms with Gasteiger partial charge in [-0.2, -0.15) is 0 Å². The summed E-state index contributed by atoms with van der Waals surface area (Å²) in [6, 6.07) is 20.1. The largest absolute Gasteiger partial charge is 0.483 e. The van der Waals surface area contributed by atoms with Crippen molar-refractivity contribution >= 4 is 41.3 Å². The lowest BCUT2D eigenvalue weighted by Gasteiger charge is -2.41. The van der Waals surface area contributed by atoms with Crippen LogP contribution in [0.3, 0.4) is 0 Å². The fourth-order valence-corrected chi connectivity index (χ4v) is 9.81. The molecule has 81 heavy (non-hydrogen) atoms. The Labute approximate surface area is 477 Å². The first-order valence-electron chi connectivity index (χ1n) is 28.8. The monoisotopic (exact) mass is 1120 g/mol. The number of benzene rings is 3. The van der Waals surface area contributed by atoms with Gasteiger partial charge < -0.3 is 50.0 Å². The Morgan fingerprint density at radius 1 is 0.728 bits per heavy atom. The third-order valence-corrected chi connectivity index (χ3v) is 14.5. The summed E-state index contributed by atoms with van der Waals surface area (Å²) in [6.07, 6.45) is 6.66. The number of rotatable bonds is 34. The molecule has 5 amide bonds. The Bertz CT molecular complexity index is 2690. The summed E-state index contributed by atoms with van der Waals surface area (Å²) in [5.41, 5.74) is 2.12. The molecule has 20 nitrogen and oxygen atoms in total. The molecule has 20 heteroatoms. The molecular formula is C61H86N9O11+. The van der Waals surface area contributed by atoms with Crippen LogP contribution < -0.4 is 36.1 Å². The molecule has 2 aliphatic heterocycles. The SMILES string of the molecule is CCCNC(=O)CCCCn1cc(COc2cc(C[N+]3(CC(=O)N[C@@H](CCc4ccccc4)C(=O)NC(CC(C)C)C(=O)N[C@@H](Cc4ccccc4)C(=O)N[C@@H](CCC(C)C)C(=O)[C@@]4(C)CO4)CCOCC3)ccc2OC(C)=O)nn1. The number of hydrogen-bond donors (Lipinski definition) is 5. The summed E-state index contributed by atoms with van der Waals surface area (Å²) in [5, 5.41) is 23.3. The molecular weight excluding hydrogens is 1030 g/mol. The van der Waals surface area contributed by atoms with Crippen LogP contribution in [0.25, 0.3) is 0 Å². The van der Waals surface area contributed by atoms with Crippen molar-refractivity contribution in [1.29, 1.82) is 0 Å². The molecule has 0 bridgehead atoms. The van der Waals surface area contributed by atoms with Crippen LogP contribution >= 0.6 is 0 Å². The number of aryl methyl sites for hydroxylation is 2. The zero-order valence-corrected chi connectivity index (χ0v) is 48.5. The minimum absolute atomic E-state index is 0.00892. The van der Waals surface area contributed by atoms with Gasteiger partial charge in [0.15, 0.2) is 23.8 Å². The van der Waals surface area contributed by atoms with E-state index < -0.39 is 53.5 Å². The van der Waals surface area contributed by atoms with Crippen LogP contribution in [0.5, 0.6) is 11.5 Å². The normalized spacial score (nSPS) is 17.0. The summed E-state index contributed by atoms with van der Waals surface area (Å²) in [5.74, 6) is -2.01. The van der Waals surface area contributed by atoms with Crippen LogP contribution in [0.4, 0.5) is 0 Å². The summed E-state index contributed by atoms with van der Waals surface area (Å²) in [6.45, 7) is 16.6. The topological polar surface area (TPSA) is 251 Å². The van der Waals surface area contributed by atoms with E-state index in [2.05, 4.69) is 36.9 Å². The number of carbonyl (C=O) groups excluding carboxylic acids is 7. The minimum Gasteiger partial charge on any atom is -0.483 e. The quantitative estimate of drug-likeness (QED) is 0.0128. The van der Waals surface area contributed by atoms with Crippen molar-refractivity contribution in [2.75, 3.05) is 46.0 Å². The molecule has 0 radical (unpaired) electrons. The standard InChI is InChI=1S/C61H85N9O11/c1-8-28-62-55(72)21-15-16-29-69-37-48(67-68-69)40-79-54-36-47(24-27-53(54)81-44(6)71)38-70(30-32-78-33-31-70)39-56(73)63-50(26-23-45-17-11-9-12-18-45)58(75)65-51(34-43(4)5)59(76)66-52(35-46-19-13-10-14-20-46)60(77)64-49(25-22-42(2)3)57(74)61(7)41-80-61/h9-14,17-20,24,27,36-37,42-43,49-52H,8,15-16,21-23,25-26,28-35,38-41H2,1-7H3,(H4-,62,63,64,65,66,72,73,75,76,77)/p+1/t49-,50-,51?,52-,61+/m0/s1. The van der Waals surface area contributed by atoms with Crippen molar-refractivity contribution in [3.63, 3.8) is 0 Å². The number of esters is 1. The number of quaternary nitrogens is 1. The van der Waals surface area contributed by atoms with Gasteiger partial charge in [-0.3, -0.25) is 38.2 Å².